The summed E-state index contributed by atoms with van der Waals surface area (Å²) in [4.78, 5) is 0. The highest BCUT2D eigenvalue weighted by atomic mass is 35.5. The SMILES string of the molecule is COc1cc(Cl)nnc1-c1ccc(F)cc1. The van der Waals surface area contributed by atoms with Crippen molar-refractivity contribution in [2.24, 2.45) is 0 Å². The largest absolute Gasteiger partial charge is 0.494 e. The van der Waals surface area contributed by atoms with Crippen molar-refractivity contribution in [1.29, 1.82) is 0 Å². The minimum atomic E-state index is -0.301. The van der Waals surface area contributed by atoms with E-state index in [1.165, 1.54) is 19.2 Å². The van der Waals surface area contributed by atoms with Gasteiger partial charge < -0.3 is 4.74 Å². The molecule has 82 valence electrons. The molecule has 0 spiro atoms. The van der Waals surface area contributed by atoms with Crippen LogP contribution in [-0.4, -0.2) is 17.3 Å². The Labute approximate surface area is 96.8 Å². The van der Waals surface area contributed by atoms with E-state index in [2.05, 4.69) is 10.2 Å². The molecule has 0 aliphatic carbocycles. The van der Waals surface area contributed by atoms with E-state index in [-0.39, 0.29) is 11.0 Å². The van der Waals surface area contributed by atoms with Gasteiger partial charge in [0.1, 0.15) is 17.3 Å². The Morgan fingerprint density at radius 2 is 1.88 bits per heavy atom. The van der Waals surface area contributed by atoms with Crippen molar-refractivity contribution in [3.05, 3.63) is 41.3 Å². The fraction of sp³-hybridized carbons (Fsp3) is 0.0909. The minimum Gasteiger partial charge on any atom is -0.494 e. The maximum atomic E-state index is 12.8. The van der Waals surface area contributed by atoms with Crippen LogP contribution < -0.4 is 4.74 Å². The van der Waals surface area contributed by atoms with Gasteiger partial charge in [-0.05, 0) is 24.3 Å². The van der Waals surface area contributed by atoms with Gasteiger partial charge in [0, 0.05) is 11.6 Å². The number of aromatic nitrogens is 2. The van der Waals surface area contributed by atoms with Crippen LogP contribution in [0.1, 0.15) is 0 Å². The molecule has 0 N–H and O–H groups in total. The lowest BCUT2D eigenvalue weighted by molar-refractivity contribution is 0.413. The van der Waals surface area contributed by atoms with Gasteiger partial charge in [-0.15, -0.1) is 10.2 Å². The van der Waals surface area contributed by atoms with Crippen molar-refractivity contribution < 1.29 is 9.13 Å². The lowest BCUT2D eigenvalue weighted by atomic mass is 10.1. The predicted octanol–water partition coefficient (Wildman–Crippen LogP) is 2.94. The Balaban J connectivity index is 2.51. The normalized spacial score (nSPS) is 10.2. The molecule has 5 heteroatoms. The molecule has 0 unspecified atom stereocenters. The molecule has 0 saturated carbocycles. The van der Waals surface area contributed by atoms with Crippen molar-refractivity contribution >= 4 is 11.6 Å². The van der Waals surface area contributed by atoms with Gasteiger partial charge in [0.25, 0.3) is 0 Å². The Hall–Kier alpha value is -1.68. The Morgan fingerprint density at radius 3 is 2.50 bits per heavy atom. The first-order valence-corrected chi connectivity index (χ1v) is 4.91. The molecule has 1 heterocycles. The average Bonchev–Trinajstić information content (AvgIpc) is 2.30. The third-order valence-corrected chi connectivity index (χ3v) is 2.25. The molecular formula is C11H8ClFN2O. The first kappa shape index (κ1) is 10.8. The Kier molecular flexibility index (Phi) is 3.01. The Morgan fingerprint density at radius 1 is 1.19 bits per heavy atom. The second-order valence-corrected chi connectivity index (χ2v) is 3.48. The highest BCUT2D eigenvalue weighted by molar-refractivity contribution is 6.29. The summed E-state index contributed by atoms with van der Waals surface area (Å²) in [6, 6.07) is 7.48. The third-order valence-electron chi connectivity index (χ3n) is 2.07. The average molecular weight is 239 g/mol. The summed E-state index contributed by atoms with van der Waals surface area (Å²) in [6.07, 6.45) is 0. The highest BCUT2D eigenvalue weighted by Gasteiger charge is 2.09. The van der Waals surface area contributed by atoms with Gasteiger partial charge in [0.2, 0.25) is 0 Å². The molecule has 0 radical (unpaired) electrons. The quantitative estimate of drug-likeness (QED) is 0.807. The molecule has 0 saturated heterocycles. The zero-order chi connectivity index (χ0) is 11.5. The number of hydrogen-bond acceptors (Lipinski definition) is 3. The van der Waals surface area contributed by atoms with Crippen LogP contribution >= 0.6 is 11.6 Å². The molecule has 1 aromatic carbocycles. The molecule has 0 fully saturated rings. The summed E-state index contributed by atoms with van der Waals surface area (Å²) >= 11 is 5.69. The smallest absolute Gasteiger partial charge is 0.155 e. The number of hydrogen-bond donors (Lipinski definition) is 0. The second-order valence-electron chi connectivity index (χ2n) is 3.09. The van der Waals surface area contributed by atoms with E-state index >= 15 is 0 Å². The second kappa shape index (κ2) is 4.45. The molecule has 0 aliphatic heterocycles. The van der Waals surface area contributed by atoms with Crippen molar-refractivity contribution in [3.8, 4) is 17.0 Å². The van der Waals surface area contributed by atoms with E-state index in [9.17, 15) is 4.39 Å². The molecule has 16 heavy (non-hydrogen) atoms. The molecule has 2 rings (SSSR count). The van der Waals surface area contributed by atoms with Gasteiger partial charge in [0.15, 0.2) is 5.15 Å². The minimum absolute atomic E-state index is 0.253. The summed E-state index contributed by atoms with van der Waals surface area (Å²) in [6.45, 7) is 0. The number of halogens is 2. The maximum absolute atomic E-state index is 12.8. The fourth-order valence-electron chi connectivity index (χ4n) is 1.32. The van der Waals surface area contributed by atoms with Crippen LogP contribution in [0.5, 0.6) is 5.75 Å². The van der Waals surface area contributed by atoms with Gasteiger partial charge in [-0.2, -0.15) is 0 Å². The molecule has 0 aliphatic rings. The van der Waals surface area contributed by atoms with Crippen LogP contribution in [0.25, 0.3) is 11.3 Å². The first-order chi connectivity index (χ1) is 7.70. The van der Waals surface area contributed by atoms with E-state index in [0.29, 0.717) is 11.4 Å². The number of methoxy groups -OCH3 is 1. The monoisotopic (exact) mass is 238 g/mol. The Bertz CT molecular complexity index is 502. The number of ether oxygens (including phenoxy) is 1. The molecule has 0 atom stereocenters. The first-order valence-electron chi connectivity index (χ1n) is 4.54. The lowest BCUT2D eigenvalue weighted by Gasteiger charge is -2.06. The van der Waals surface area contributed by atoms with Crippen molar-refractivity contribution in [1.82, 2.24) is 10.2 Å². The van der Waals surface area contributed by atoms with Gasteiger partial charge in [0.05, 0.1) is 7.11 Å². The molecule has 1 aromatic heterocycles. The number of rotatable bonds is 2. The van der Waals surface area contributed by atoms with Gasteiger partial charge >= 0.3 is 0 Å². The summed E-state index contributed by atoms with van der Waals surface area (Å²) in [5.41, 5.74) is 1.26. The number of nitrogens with zero attached hydrogens (tertiary/aromatic N) is 2. The van der Waals surface area contributed by atoms with E-state index in [0.717, 1.165) is 5.56 Å². The molecular weight excluding hydrogens is 231 g/mol. The zero-order valence-corrected chi connectivity index (χ0v) is 9.20. The maximum Gasteiger partial charge on any atom is 0.155 e. The zero-order valence-electron chi connectivity index (χ0n) is 8.45. The summed E-state index contributed by atoms with van der Waals surface area (Å²) in [5.74, 6) is 0.205. The molecule has 0 amide bonds. The molecule has 3 nitrogen and oxygen atoms in total. The predicted molar refractivity (Wildman–Crippen MR) is 59.0 cm³/mol. The van der Waals surface area contributed by atoms with Crippen LogP contribution in [0, 0.1) is 5.82 Å². The van der Waals surface area contributed by atoms with Crippen LogP contribution in [0.2, 0.25) is 5.15 Å². The van der Waals surface area contributed by atoms with Crippen molar-refractivity contribution in [3.63, 3.8) is 0 Å². The number of benzene rings is 1. The van der Waals surface area contributed by atoms with E-state index in [1.54, 1.807) is 18.2 Å². The van der Waals surface area contributed by atoms with Gasteiger partial charge in [-0.25, -0.2) is 4.39 Å². The highest BCUT2D eigenvalue weighted by Crippen LogP contribution is 2.28. The third kappa shape index (κ3) is 2.12. The van der Waals surface area contributed by atoms with Gasteiger partial charge in [-0.1, -0.05) is 11.6 Å². The fourth-order valence-corrected chi connectivity index (χ4v) is 1.45. The van der Waals surface area contributed by atoms with Gasteiger partial charge in [-0.3, -0.25) is 0 Å². The van der Waals surface area contributed by atoms with Crippen LogP contribution in [0.4, 0.5) is 4.39 Å². The summed E-state index contributed by atoms with van der Waals surface area (Å²) < 4.78 is 17.9. The van der Waals surface area contributed by atoms with Crippen molar-refractivity contribution in [2.75, 3.05) is 7.11 Å². The lowest BCUT2D eigenvalue weighted by Crippen LogP contribution is -1.94. The molecule has 2 aromatic rings. The van der Waals surface area contributed by atoms with E-state index in [4.69, 9.17) is 16.3 Å². The standard InChI is InChI=1S/C11H8ClFN2O/c1-16-9-6-10(12)14-15-11(9)7-2-4-8(13)5-3-7/h2-6H,1H3. The van der Waals surface area contributed by atoms with E-state index < -0.39 is 0 Å². The summed E-state index contributed by atoms with van der Waals surface area (Å²) in [5, 5.41) is 7.90. The van der Waals surface area contributed by atoms with Crippen LogP contribution in [0.3, 0.4) is 0 Å². The van der Waals surface area contributed by atoms with Crippen LogP contribution in [-0.2, 0) is 0 Å². The topological polar surface area (TPSA) is 35.0 Å². The van der Waals surface area contributed by atoms with Crippen molar-refractivity contribution in [2.45, 2.75) is 0 Å². The summed E-state index contributed by atoms with van der Waals surface area (Å²) in [7, 11) is 1.51. The molecule has 0 bridgehead atoms. The van der Waals surface area contributed by atoms with Crippen LogP contribution in [0.15, 0.2) is 30.3 Å². The van der Waals surface area contributed by atoms with E-state index in [1.807, 2.05) is 0 Å².